The number of nitrogens with zero attached hydrogens (tertiary/aromatic N) is 1. The number of fused-ring (bicyclic) bond motifs is 1. The number of carbonyl (C=O) groups excluding carboxylic acids is 1. The molecule has 0 spiro atoms. The van der Waals surface area contributed by atoms with Crippen LogP contribution in [0.3, 0.4) is 0 Å². The molecule has 0 bridgehead atoms. The van der Waals surface area contributed by atoms with Crippen LogP contribution in [-0.4, -0.2) is 24.5 Å². The van der Waals surface area contributed by atoms with E-state index in [0.717, 1.165) is 25.1 Å². The van der Waals surface area contributed by atoms with Crippen molar-refractivity contribution in [2.75, 3.05) is 13.7 Å². The molecule has 1 aromatic heterocycles. The molecule has 0 saturated heterocycles. The number of ether oxygens (including phenoxy) is 1. The molecule has 1 aliphatic heterocycles. The van der Waals surface area contributed by atoms with Gasteiger partial charge in [-0.1, -0.05) is 12.1 Å². The van der Waals surface area contributed by atoms with Crippen LogP contribution in [0.2, 0.25) is 0 Å². The molecule has 0 aliphatic carbocycles. The monoisotopic (exact) mass is 315 g/mol. The zero-order valence-electron chi connectivity index (χ0n) is 13.0. The van der Waals surface area contributed by atoms with Crippen molar-refractivity contribution in [1.82, 2.24) is 4.90 Å². The second-order valence-electron chi connectivity index (χ2n) is 5.66. The Balaban J connectivity index is 1.60. The molecule has 3 nitrogen and oxygen atoms in total. The molecule has 0 radical (unpaired) electrons. The lowest BCUT2D eigenvalue weighted by Gasteiger charge is -2.33. The van der Waals surface area contributed by atoms with E-state index in [1.807, 2.05) is 29.2 Å². The number of hydrogen-bond donors (Lipinski definition) is 0. The molecule has 1 amide bonds. The second-order valence-corrected chi connectivity index (χ2v) is 6.66. The van der Waals surface area contributed by atoms with Crippen LogP contribution in [0.1, 0.15) is 35.4 Å². The Morgan fingerprint density at radius 1 is 1.32 bits per heavy atom. The van der Waals surface area contributed by atoms with Crippen molar-refractivity contribution in [2.24, 2.45) is 0 Å². The van der Waals surface area contributed by atoms with Gasteiger partial charge in [0.2, 0.25) is 5.91 Å². The van der Waals surface area contributed by atoms with E-state index in [-0.39, 0.29) is 11.9 Å². The maximum Gasteiger partial charge on any atom is 0.223 e. The lowest BCUT2D eigenvalue weighted by molar-refractivity contribution is -0.133. The summed E-state index contributed by atoms with van der Waals surface area (Å²) >= 11 is 1.81. The van der Waals surface area contributed by atoms with Crippen LogP contribution in [-0.2, 0) is 17.6 Å². The fraction of sp³-hybridized carbons (Fsp3) is 0.389. The van der Waals surface area contributed by atoms with Gasteiger partial charge in [-0.2, -0.15) is 0 Å². The van der Waals surface area contributed by atoms with Crippen LogP contribution in [0.15, 0.2) is 35.7 Å². The predicted molar refractivity (Wildman–Crippen MR) is 89.5 cm³/mol. The summed E-state index contributed by atoms with van der Waals surface area (Å²) < 4.78 is 5.16. The number of hydrogen-bond acceptors (Lipinski definition) is 3. The molecule has 0 N–H and O–H groups in total. The van der Waals surface area contributed by atoms with Gasteiger partial charge in [-0.05, 0) is 54.5 Å². The zero-order chi connectivity index (χ0) is 15.5. The van der Waals surface area contributed by atoms with Crippen LogP contribution < -0.4 is 4.74 Å². The summed E-state index contributed by atoms with van der Waals surface area (Å²) in [6.07, 6.45) is 2.34. The standard InChI is InChI=1S/C18H21NO2S/c1-13-16-10-12-22-17(16)9-11-19(13)18(20)8-5-14-3-6-15(21-2)7-4-14/h3-4,6-7,10,12-13H,5,8-9,11H2,1-2H3/t13-/m1/s1. The van der Waals surface area contributed by atoms with E-state index in [0.29, 0.717) is 6.42 Å². The fourth-order valence-electron chi connectivity index (χ4n) is 3.04. The summed E-state index contributed by atoms with van der Waals surface area (Å²) in [4.78, 5) is 16.0. The van der Waals surface area contributed by atoms with Crippen molar-refractivity contribution < 1.29 is 9.53 Å². The van der Waals surface area contributed by atoms with Crippen LogP contribution in [0, 0.1) is 0 Å². The molecule has 3 rings (SSSR count). The second kappa shape index (κ2) is 6.53. The Labute approximate surface area is 135 Å². The third-order valence-corrected chi connectivity index (χ3v) is 5.38. The smallest absolute Gasteiger partial charge is 0.223 e. The predicted octanol–water partition coefficient (Wildman–Crippen LogP) is 3.84. The molecule has 4 heteroatoms. The molecule has 1 aromatic carbocycles. The van der Waals surface area contributed by atoms with Gasteiger partial charge in [0, 0.05) is 17.8 Å². The lowest BCUT2D eigenvalue weighted by atomic mass is 10.0. The highest BCUT2D eigenvalue weighted by Gasteiger charge is 2.27. The lowest BCUT2D eigenvalue weighted by Crippen LogP contribution is -2.38. The number of thiophene rings is 1. The molecule has 116 valence electrons. The van der Waals surface area contributed by atoms with E-state index in [2.05, 4.69) is 18.4 Å². The molecule has 2 aromatic rings. The average Bonchev–Trinajstić information content (AvgIpc) is 3.03. The first-order valence-electron chi connectivity index (χ1n) is 7.67. The summed E-state index contributed by atoms with van der Waals surface area (Å²) in [7, 11) is 1.66. The highest BCUT2D eigenvalue weighted by molar-refractivity contribution is 7.10. The summed E-state index contributed by atoms with van der Waals surface area (Å²) in [6, 6.07) is 10.3. The van der Waals surface area contributed by atoms with Crippen LogP contribution in [0.5, 0.6) is 5.75 Å². The largest absolute Gasteiger partial charge is 0.497 e. The van der Waals surface area contributed by atoms with Gasteiger partial charge in [0.1, 0.15) is 5.75 Å². The molecule has 0 saturated carbocycles. The number of benzene rings is 1. The number of amides is 1. The minimum Gasteiger partial charge on any atom is -0.497 e. The Hall–Kier alpha value is -1.81. The summed E-state index contributed by atoms with van der Waals surface area (Å²) in [5.74, 6) is 1.10. The average molecular weight is 315 g/mol. The van der Waals surface area contributed by atoms with Crippen molar-refractivity contribution >= 4 is 17.2 Å². The van der Waals surface area contributed by atoms with Crippen LogP contribution in [0.4, 0.5) is 0 Å². The highest BCUT2D eigenvalue weighted by Crippen LogP contribution is 2.33. The Morgan fingerprint density at radius 3 is 2.82 bits per heavy atom. The minimum absolute atomic E-state index is 0.207. The van der Waals surface area contributed by atoms with Crippen molar-refractivity contribution in [3.8, 4) is 5.75 Å². The first-order chi connectivity index (χ1) is 10.7. The van der Waals surface area contributed by atoms with Crippen molar-refractivity contribution in [2.45, 2.75) is 32.2 Å². The van der Waals surface area contributed by atoms with Gasteiger partial charge in [0.15, 0.2) is 0 Å². The first kappa shape index (κ1) is 15.1. The summed E-state index contributed by atoms with van der Waals surface area (Å²) in [5, 5.41) is 2.13. The normalized spacial score (nSPS) is 17.2. The zero-order valence-corrected chi connectivity index (χ0v) is 13.9. The molecule has 1 aliphatic rings. The van der Waals surface area contributed by atoms with Gasteiger partial charge >= 0.3 is 0 Å². The van der Waals surface area contributed by atoms with Crippen LogP contribution >= 0.6 is 11.3 Å². The van der Waals surface area contributed by atoms with Crippen molar-refractivity contribution in [1.29, 1.82) is 0 Å². The molecule has 0 unspecified atom stereocenters. The topological polar surface area (TPSA) is 29.5 Å². The Morgan fingerprint density at radius 2 is 2.09 bits per heavy atom. The SMILES string of the molecule is COc1ccc(CCC(=O)N2CCc3sccc3[C@H]2C)cc1. The Kier molecular flexibility index (Phi) is 4.48. The number of rotatable bonds is 4. The molecular formula is C18H21NO2S. The molecular weight excluding hydrogens is 294 g/mol. The Bertz CT molecular complexity index is 647. The van der Waals surface area contributed by atoms with Crippen molar-refractivity contribution in [3.05, 3.63) is 51.7 Å². The van der Waals surface area contributed by atoms with E-state index in [4.69, 9.17) is 4.74 Å². The number of methoxy groups -OCH3 is 1. The number of aryl methyl sites for hydroxylation is 1. The van der Waals surface area contributed by atoms with E-state index in [1.165, 1.54) is 16.0 Å². The van der Waals surface area contributed by atoms with Gasteiger partial charge in [0.05, 0.1) is 13.2 Å². The summed E-state index contributed by atoms with van der Waals surface area (Å²) in [5.41, 5.74) is 2.50. The number of carbonyl (C=O) groups is 1. The van der Waals surface area contributed by atoms with E-state index in [1.54, 1.807) is 18.4 Å². The molecule has 22 heavy (non-hydrogen) atoms. The van der Waals surface area contributed by atoms with Crippen LogP contribution in [0.25, 0.3) is 0 Å². The third kappa shape index (κ3) is 3.02. The fourth-order valence-corrected chi connectivity index (χ4v) is 4.00. The molecule has 2 heterocycles. The molecule has 1 atom stereocenters. The van der Waals surface area contributed by atoms with Gasteiger partial charge < -0.3 is 9.64 Å². The maximum atomic E-state index is 12.5. The minimum atomic E-state index is 0.207. The first-order valence-corrected chi connectivity index (χ1v) is 8.55. The van der Waals surface area contributed by atoms with E-state index >= 15 is 0 Å². The van der Waals surface area contributed by atoms with Crippen molar-refractivity contribution in [3.63, 3.8) is 0 Å². The third-order valence-electron chi connectivity index (χ3n) is 4.38. The van der Waals surface area contributed by atoms with Gasteiger partial charge in [-0.25, -0.2) is 0 Å². The maximum absolute atomic E-state index is 12.5. The van der Waals surface area contributed by atoms with Gasteiger partial charge in [0.25, 0.3) is 0 Å². The van der Waals surface area contributed by atoms with E-state index in [9.17, 15) is 4.79 Å². The van der Waals surface area contributed by atoms with Gasteiger partial charge in [-0.15, -0.1) is 11.3 Å². The quantitative estimate of drug-likeness (QED) is 0.858. The molecule has 0 fully saturated rings. The van der Waals surface area contributed by atoms with E-state index < -0.39 is 0 Å². The van der Waals surface area contributed by atoms with Gasteiger partial charge in [-0.3, -0.25) is 4.79 Å². The highest BCUT2D eigenvalue weighted by atomic mass is 32.1. The summed E-state index contributed by atoms with van der Waals surface area (Å²) in [6.45, 7) is 2.98.